The summed E-state index contributed by atoms with van der Waals surface area (Å²) in [4.78, 5) is 4.57. The molecule has 22 heavy (non-hydrogen) atoms. The van der Waals surface area contributed by atoms with Crippen LogP contribution in [0, 0.1) is 13.8 Å². The second kappa shape index (κ2) is 8.23. The zero-order valence-corrected chi connectivity index (χ0v) is 13.6. The standard InChI is InChI=1S/C19H24N2O/c1-4-5-14-22-19(20-17-10-6-15(2)7-11-17)21-18-12-8-16(3)9-13-18/h6-13H,4-5,14H2,1-3H3,(H,20,21). The summed E-state index contributed by atoms with van der Waals surface area (Å²) in [5.74, 6) is 0. The van der Waals surface area contributed by atoms with Crippen molar-refractivity contribution in [2.45, 2.75) is 33.6 Å². The van der Waals surface area contributed by atoms with Gasteiger partial charge in [0.1, 0.15) is 0 Å². The van der Waals surface area contributed by atoms with Gasteiger partial charge < -0.3 is 10.1 Å². The molecule has 0 unspecified atom stereocenters. The van der Waals surface area contributed by atoms with Gasteiger partial charge in [0.15, 0.2) is 0 Å². The van der Waals surface area contributed by atoms with Crippen LogP contribution < -0.4 is 5.32 Å². The lowest BCUT2D eigenvalue weighted by Crippen LogP contribution is -2.16. The summed E-state index contributed by atoms with van der Waals surface area (Å²) in [6, 6.07) is 16.8. The largest absolute Gasteiger partial charge is 0.465 e. The highest BCUT2D eigenvalue weighted by atomic mass is 16.5. The molecule has 0 radical (unpaired) electrons. The SMILES string of the molecule is CCCCOC(=Nc1ccc(C)cc1)Nc1ccc(C)cc1. The Balaban J connectivity index is 2.14. The van der Waals surface area contributed by atoms with Crippen LogP contribution in [0.25, 0.3) is 0 Å². The number of amidine groups is 1. The van der Waals surface area contributed by atoms with Crippen molar-refractivity contribution in [1.29, 1.82) is 0 Å². The number of unbranched alkanes of at least 4 members (excludes halogenated alkanes) is 1. The van der Waals surface area contributed by atoms with Crippen molar-refractivity contribution in [2.24, 2.45) is 4.99 Å². The fourth-order valence-electron chi connectivity index (χ4n) is 1.91. The Morgan fingerprint density at radius 3 is 2.14 bits per heavy atom. The maximum atomic E-state index is 5.79. The van der Waals surface area contributed by atoms with Crippen LogP contribution in [0.15, 0.2) is 53.5 Å². The lowest BCUT2D eigenvalue weighted by atomic mass is 10.2. The third-order valence-corrected chi connectivity index (χ3v) is 3.30. The van der Waals surface area contributed by atoms with E-state index in [0.717, 1.165) is 24.2 Å². The van der Waals surface area contributed by atoms with E-state index in [2.05, 4.69) is 43.2 Å². The van der Waals surface area contributed by atoms with Gasteiger partial charge in [0.2, 0.25) is 0 Å². The molecule has 0 aliphatic carbocycles. The number of nitrogens with zero attached hydrogens (tertiary/aromatic N) is 1. The fraction of sp³-hybridized carbons (Fsp3) is 0.316. The van der Waals surface area contributed by atoms with Crippen LogP contribution in [-0.4, -0.2) is 12.6 Å². The average Bonchev–Trinajstić information content (AvgIpc) is 2.52. The summed E-state index contributed by atoms with van der Waals surface area (Å²) >= 11 is 0. The van der Waals surface area contributed by atoms with Gasteiger partial charge in [-0.3, -0.25) is 0 Å². The van der Waals surface area contributed by atoms with E-state index in [9.17, 15) is 0 Å². The van der Waals surface area contributed by atoms with Crippen molar-refractivity contribution in [3.05, 3.63) is 59.7 Å². The monoisotopic (exact) mass is 296 g/mol. The molecule has 2 rings (SSSR count). The summed E-state index contributed by atoms with van der Waals surface area (Å²) in [5, 5.41) is 3.26. The van der Waals surface area contributed by atoms with Gasteiger partial charge >= 0.3 is 0 Å². The van der Waals surface area contributed by atoms with Crippen molar-refractivity contribution in [1.82, 2.24) is 0 Å². The highest BCUT2D eigenvalue weighted by molar-refractivity contribution is 5.90. The molecule has 0 amide bonds. The summed E-state index contributed by atoms with van der Waals surface area (Å²) < 4.78 is 5.79. The molecule has 0 heterocycles. The number of anilines is 1. The molecule has 2 aromatic rings. The molecule has 3 heteroatoms. The normalized spacial score (nSPS) is 11.3. The highest BCUT2D eigenvalue weighted by Crippen LogP contribution is 2.15. The molecule has 2 aromatic carbocycles. The van der Waals surface area contributed by atoms with Gasteiger partial charge in [-0.25, -0.2) is 0 Å². The molecule has 1 N–H and O–H groups in total. The van der Waals surface area contributed by atoms with Crippen molar-refractivity contribution < 1.29 is 4.74 Å². The molecule has 0 bridgehead atoms. The molecule has 0 atom stereocenters. The Bertz CT molecular complexity index is 600. The molecular formula is C19H24N2O. The predicted molar refractivity (Wildman–Crippen MR) is 93.9 cm³/mol. The van der Waals surface area contributed by atoms with E-state index in [0.29, 0.717) is 12.6 Å². The number of nitrogens with one attached hydrogen (secondary N) is 1. The van der Waals surface area contributed by atoms with Crippen LogP contribution in [0.3, 0.4) is 0 Å². The Morgan fingerprint density at radius 1 is 0.955 bits per heavy atom. The molecule has 116 valence electrons. The van der Waals surface area contributed by atoms with Gasteiger partial charge in [-0.15, -0.1) is 0 Å². The molecule has 0 saturated carbocycles. The minimum absolute atomic E-state index is 0.543. The zero-order chi connectivity index (χ0) is 15.8. The first-order valence-electron chi connectivity index (χ1n) is 7.79. The number of benzene rings is 2. The second-order valence-corrected chi connectivity index (χ2v) is 5.45. The molecule has 3 nitrogen and oxygen atoms in total. The second-order valence-electron chi connectivity index (χ2n) is 5.45. The Morgan fingerprint density at radius 2 is 1.55 bits per heavy atom. The number of aliphatic imine (C=N–C) groups is 1. The van der Waals surface area contributed by atoms with Gasteiger partial charge in [0, 0.05) is 5.69 Å². The van der Waals surface area contributed by atoms with Crippen molar-refractivity contribution >= 4 is 17.4 Å². The fourth-order valence-corrected chi connectivity index (χ4v) is 1.91. The summed E-state index contributed by atoms with van der Waals surface area (Å²) in [6.45, 7) is 6.95. The van der Waals surface area contributed by atoms with E-state index >= 15 is 0 Å². The maximum absolute atomic E-state index is 5.79. The first-order chi connectivity index (χ1) is 10.7. The van der Waals surface area contributed by atoms with Crippen LogP contribution in [0.1, 0.15) is 30.9 Å². The Labute approximate surface area is 133 Å². The zero-order valence-electron chi connectivity index (χ0n) is 13.6. The number of hydrogen-bond acceptors (Lipinski definition) is 2. The van der Waals surface area contributed by atoms with Crippen LogP contribution in [0.4, 0.5) is 11.4 Å². The first kappa shape index (κ1) is 16.1. The average molecular weight is 296 g/mol. The Hall–Kier alpha value is -2.29. The molecule has 0 spiro atoms. The summed E-state index contributed by atoms with van der Waals surface area (Å²) in [6.07, 6.45) is 2.12. The minimum atomic E-state index is 0.543. The topological polar surface area (TPSA) is 33.6 Å². The number of ether oxygens (including phenoxy) is 1. The predicted octanol–water partition coefficient (Wildman–Crippen LogP) is 5.22. The molecule has 0 aromatic heterocycles. The first-order valence-corrected chi connectivity index (χ1v) is 7.79. The summed E-state index contributed by atoms with van der Waals surface area (Å²) in [7, 11) is 0. The van der Waals surface area contributed by atoms with E-state index < -0.39 is 0 Å². The van der Waals surface area contributed by atoms with Gasteiger partial charge in [0.05, 0.1) is 12.3 Å². The number of aryl methyl sites for hydroxylation is 2. The van der Waals surface area contributed by atoms with Crippen molar-refractivity contribution in [3.8, 4) is 0 Å². The Kier molecular flexibility index (Phi) is 6.01. The van der Waals surface area contributed by atoms with Crippen LogP contribution >= 0.6 is 0 Å². The van der Waals surface area contributed by atoms with Crippen molar-refractivity contribution in [2.75, 3.05) is 11.9 Å². The van der Waals surface area contributed by atoms with E-state index in [1.807, 2.05) is 36.4 Å². The smallest absolute Gasteiger partial charge is 0.294 e. The lowest BCUT2D eigenvalue weighted by Gasteiger charge is -2.11. The minimum Gasteiger partial charge on any atom is -0.465 e. The van der Waals surface area contributed by atoms with Gasteiger partial charge in [-0.05, 0) is 44.5 Å². The molecule has 0 aliphatic rings. The van der Waals surface area contributed by atoms with Crippen LogP contribution in [0.5, 0.6) is 0 Å². The van der Waals surface area contributed by atoms with Crippen LogP contribution in [-0.2, 0) is 4.74 Å². The number of hydrogen-bond donors (Lipinski definition) is 1. The third kappa shape index (κ3) is 5.24. The van der Waals surface area contributed by atoms with E-state index in [1.54, 1.807) is 0 Å². The van der Waals surface area contributed by atoms with E-state index in [-0.39, 0.29) is 0 Å². The molecule has 0 fully saturated rings. The molecule has 0 aliphatic heterocycles. The van der Waals surface area contributed by atoms with Gasteiger partial charge in [-0.2, -0.15) is 4.99 Å². The quantitative estimate of drug-likeness (QED) is 0.466. The number of rotatable bonds is 5. The van der Waals surface area contributed by atoms with E-state index in [4.69, 9.17) is 4.74 Å². The third-order valence-electron chi connectivity index (χ3n) is 3.30. The van der Waals surface area contributed by atoms with Gasteiger partial charge in [-0.1, -0.05) is 48.7 Å². The molecular weight excluding hydrogens is 272 g/mol. The molecule has 0 saturated heterocycles. The highest BCUT2D eigenvalue weighted by Gasteiger charge is 2.02. The maximum Gasteiger partial charge on any atom is 0.294 e. The van der Waals surface area contributed by atoms with Crippen LogP contribution in [0.2, 0.25) is 0 Å². The van der Waals surface area contributed by atoms with Gasteiger partial charge in [0.25, 0.3) is 6.02 Å². The van der Waals surface area contributed by atoms with E-state index in [1.165, 1.54) is 11.1 Å². The summed E-state index contributed by atoms with van der Waals surface area (Å²) in [5.41, 5.74) is 4.32. The lowest BCUT2D eigenvalue weighted by molar-refractivity contribution is 0.296. The van der Waals surface area contributed by atoms with Crippen molar-refractivity contribution in [3.63, 3.8) is 0 Å².